The van der Waals surface area contributed by atoms with Crippen LogP contribution in [0.4, 0.5) is 0 Å². The van der Waals surface area contributed by atoms with Crippen molar-refractivity contribution in [3.63, 3.8) is 0 Å². The summed E-state index contributed by atoms with van der Waals surface area (Å²) in [5, 5.41) is 0. The third-order valence-corrected chi connectivity index (χ3v) is 4.51. The van der Waals surface area contributed by atoms with Crippen molar-refractivity contribution in [2.24, 2.45) is 0 Å². The molecule has 1 saturated carbocycles. The van der Waals surface area contributed by atoms with Crippen LogP contribution in [0.2, 0.25) is 0 Å². The summed E-state index contributed by atoms with van der Waals surface area (Å²) in [6, 6.07) is 9.94. The van der Waals surface area contributed by atoms with Crippen LogP contribution in [0.3, 0.4) is 0 Å². The van der Waals surface area contributed by atoms with Crippen LogP contribution in [0.5, 0.6) is 0 Å². The van der Waals surface area contributed by atoms with Gasteiger partial charge in [0.15, 0.2) is 0 Å². The average Bonchev–Trinajstić information content (AvgIpc) is 2.93. The predicted molar refractivity (Wildman–Crippen MR) is 98.0 cm³/mol. The minimum absolute atomic E-state index is 0.0596. The molecule has 0 unspecified atom stereocenters. The van der Waals surface area contributed by atoms with Gasteiger partial charge in [-0.25, -0.2) is 0 Å². The number of carbonyl (C=O) groups is 1. The Balaban J connectivity index is 2.21. The molecule has 0 aromatic heterocycles. The summed E-state index contributed by atoms with van der Waals surface area (Å²) in [4.78, 5) is 11.5. The van der Waals surface area contributed by atoms with E-state index in [1.807, 2.05) is 44.2 Å². The van der Waals surface area contributed by atoms with E-state index in [2.05, 4.69) is 0 Å². The van der Waals surface area contributed by atoms with Crippen LogP contribution in [0.15, 0.2) is 30.3 Å². The first-order valence-electron chi connectivity index (χ1n) is 9.00. The fourth-order valence-corrected chi connectivity index (χ4v) is 3.35. The first-order chi connectivity index (χ1) is 12.9. The van der Waals surface area contributed by atoms with Gasteiger partial charge in [0, 0.05) is 27.6 Å². The van der Waals surface area contributed by atoms with Crippen molar-refractivity contribution in [2.75, 3.05) is 27.8 Å². The molecule has 27 heavy (non-hydrogen) atoms. The lowest BCUT2D eigenvalue weighted by atomic mass is 9.97. The second-order valence-electron chi connectivity index (χ2n) is 6.99. The maximum atomic E-state index is 11.5. The Kier molecular flexibility index (Phi) is 8.19. The van der Waals surface area contributed by atoms with Crippen LogP contribution in [0, 0.1) is 0 Å². The fourth-order valence-electron chi connectivity index (χ4n) is 3.35. The van der Waals surface area contributed by atoms with Gasteiger partial charge in [0.05, 0.1) is 11.7 Å². The molecule has 0 N–H and O–H groups in total. The largest absolute Gasteiger partial charge is 0.460 e. The smallest absolute Gasteiger partial charge is 0.302 e. The molecule has 0 amide bonds. The molecule has 0 aliphatic heterocycles. The predicted octanol–water partition coefficient (Wildman–Crippen LogP) is 2.62. The van der Waals surface area contributed by atoms with Gasteiger partial charge >= 0.3 is 5.97 Å². The monoisotopic (exact) mass is 382 g/mol. The van der Waals surface area contributed by atoms with Crippen molar-refractivity contribution in [1.82, 2.24) is 0 Å². The van der Waals surface area contributed by atoms with Crippen molar-refractivity contribution in [1.29, 1.82) is 0 Å². The van der Waals surface area contributed by atoms with Crippen molar-refractivity contribution in [3.05, 3.63) is 35.9 Å². The highest BCUT2D eigenvalue weighted by Crippen LogP contribution is 2.36. The molecule has 0 radical (unpaired) electrons. The van der Waals surface area contributed by atoms with Crippen LogP contribution < -0.4 is 0 Å². The lowest BCUT2D eigenvalue weighted by Crippen LogP contribution is -2.42. The molecule has 1 aromatic carbocycles. The zero-order valence-corrected chi connectivity index (χ0v) is 16.7. The van der Waals surface area contributed by atoms with E-state index in [0.717, 1.165) is 5.56 Å². The Bertz CT molecular complexity index is 575. The molecule has 1 aliphatic rings. The van der Waals surface area contributed by atoms with E-state index in [9.17, 15) is 4.79 Å². The van der Waals surface area contributed by atoms with Crippen molar-refractivity contribution in [3.8, 4) is 0 Å². The first-order valence-corrected chi connectivity index (χ1v) is 9.00. The number of ether oxygens (including phenoxy) is 6. The summed E-state index contributed by atoms with van der Waals surface area (Å²) >= 11 is 0. The van der Waals surface area contributed by atoms with Crippen LogP contribution in [-0.2, 0) is 38.8 Å². The van der Waals surface area contributed by atoms with E-state index in [1.165, 1.54) is 14.0 Å². The third-order valence-electron chi connectivity index (χ3n) is 4.51. The van der Waals surface area contributed by atoms with Gasteiger partial charge in [-0.05, 0) is 19.4 Å². The summed E-state index contributed by atoms with van der Waals surface area (Å²) in [6.45, 7) is 5.51. The highest BCUT2D eigenvalue weighted by Gasteiger charge is 2.49. The molecule has 1 aromatic rings. The Morgan fingerprint density at radius 1 is 1.00 bits per heavy atom. The lowest BCUT2D eigenvalue weighted by Gasteiger charge is -2.33. The van der Waals surface area contributed by atoms with Crippen LogP contribution in [0.25, 0.3) is 0 Å². The average molecular weight is 382 g/mol. The maximum Gasteiger partial charge on any atom is 0.302 e. The Hall–Kier alpha value is -1.51. The van der Waals surface area contributed by atoms with Crippen LogP contribution in [-0.4, -0.2) is 58.2 Å². The van der Waals surface area contributed by atoms with Crippen LogP contribution in [0.1, 0.15) is 32.8 Å². The normalized spacial score (nSPS) is 25.5. The van der Waals surface area contributed by atoms with E-state index in [-0.39, 0.29) is 25.7 Å². The first kappa shape index (κ1) is 21.8. The number of hydrogen-bond donors (Lipinski definition) is 0. The summed E-state index contributed by atoms with van der Waals surface area (Å²) < 4.78 is 33.6. The number of rotatable bonds is 10. The van der Waals surface area contributed by atoms with Gasteiger partial charge in [-0.3, -0.25) is 4.79 Å². The molecule has 1 aliphatic carbocycles. The fraction of sp³-hybridized carbons (Fsp3) is 0.650. The molecule has 0 saturated heterocycles. The molecular weight excluding hydrogens is 352 g/mol. The van der Waals surface area contributed by atoms with Gasteiger partial charge in [0.25, 0.3) is 0 Å². The molecule has 7 heteroatoms. The maximum absolute atomic E-state index is 11.5. The molecule has 152 valence electrons. The SMILES string of the molecule is COCO[C@@H]1[C@H](OCOC)[C@@H](OC(C)=O)C[C@H]1OC(C)(C)c1ccccc1. The second kappa shape index (κ2) is 10.1. The minimum Gasteiger partial charge on any atom is -0.460 e. The van der Waals surface area contributed by atoms with Gasteiger partial charge in [0.2, 0.25) is 0 Å². The number of carbonyl (C=O) groups excluding carboxylic acids is 1. The van der Waals surface area contributed by atoms with Gasteiger partial charge < -0.3 is 28.4 Å². The van der Waals surface area contributed by atoms with Crippen molar-refractivity contribution < 1.29 is 33.2 Å². The van der Waals surface area contributed by atoms with E-state index in [0.29, 0.717) is 6.42 Å². The highest BCUT2D eigenvalue weighted by atomic mass is 16.7. The Labute approximate surface area is 160 Å². The number of methoxy groups -OCH3 is 2. The molecule has 0 spiro atoms. The van der Waals surface area contributed by atoms with Gasteiger partial charge in [-0.2, -0.15) is 0 Å². The van der Waals surface area contributed by atoms with Crippen molar-refractivity contribution >= 4 is 5.97 Å². The van der Waals surface area contributed by atoms with E-state index in [4.69, 9.17) is 28.4 Å². The van der Waals surface area contributed by atoms with Crippen molar-refractivity contribution in [2.45, 2.75) is 57.2 Å². The molecular formula is C20H30O7. The molecule has 0 bridgehead atoms. The highest BCUT2D eigenvalue weighted by molar-refractivity contribution is 5.66. The van der Waals surface area contributed by atoms with Crippen LogP contribution >= 0.6 is 0 Å². The summed E-state index contributed by atoms with van der Waals surface area (Å²) in [5.41, 5.74) is 0.484. The molecule has 0 heterocycles. The number of hydrogen-bond acceptors (Lipinski definition) is 7. The third kappa shape index (κ3) is 5.99. The topological polar surface area (TPSA) is 72.5 Å². The zero-order chi connectivity index (χ0) is 19.9. The summed E-state index contributed by atoms with van der Waals surface area (Å²) in [5.74, 6) is -0.375. The molecule has 2 rings (SSSR count). The van der Waals surface area contributed by atoms with E-state index in [1.54, 1.807) is 7.11 Å². The Morgan fingerprint density at radius 3 is 2.07 bits per heavy atom. The minimum atomic E-state index is -0.558. The Morgan fingerprint density at radius 2 is 1.56 bits per heavy atom. The van der Waals surface area contributed by atoms with E-state index < -0.39 is 23.9 Å². The summed E-state index contributed by atoms with van der Waals surface area (Å²) in [6.07, 6.45) is -1.36. The standard InChI is InChI=1S/C20H30O7/c1-14(21)26-16-11-17(19(25-13-23-5)18(16)24-12-22-4)27-20(2,3)15-9-7-6-8-10-15/h6-10,16-19H,11-13H2,1-5H3/t16-,17+,18+,19-/m0/s1. The number of benzene rings is 1. The van der Waals surface area contributed by atoms with E-state index >= 15 is 0 Å². The lowest BCUT2D eigenvalue weighted by molar-refractivity contribution is -0.201. The molecule has 1 fully saturated rings. The quantitative estimate of drug-likeness (QED) is 0.455. The molecule has 4 atom stereocenters. The zero-order valence-electron chi connectivity index (χ0n) is 16.7. The summed E-state index contributed by atoms with van der Waals surface area (Å²) in [7, 11) is 3.08. The van der Waals surface area contributed by atoms with Gasteiger partial charge in [-0.15, -0.1) is 0 Å². The number of esters is 1. The molecule has 7 nitrogen and oxygen atoms in total. The van der Waals surface area contributed by atoms with Gasteiger partial charge in [-0.1, -0.05) is 30.3 Å². The van der Waals surface area contributed by atoms with Gasteiger partial charge in [0.1, 0.15) is 31.9 Å². The second-order valence-corrected chi connectivity index (χ2v) is 6.99.